The van der Waals surface area contributed by atoms with Gasteiger partial charge in [-0.15, -0.1) is 0 Å². The quantitative estimate of drug-likeness (QED) is 0.276. The number of nitrogens with zero attached hydrogens (tertiary/aromatic N) is 1. The molecule has 0 fully saturated rings. The maximum Gasteiger partial charge on any atom is 0.0461 e. The number of para-hydroxylation sites is 3. The number of benzene rings is 4. The van der Waals surface area contributed by atoms with Crippen LogP contribution in [0.25, 0.3) is 0 Å². The standard InChI is InChI=1S/C18H15N.C7H9O4P.2K.2H/c1-4-10-16(11-5-1)19(17-12-6-2-7-13-17)18-14-8-3-9-15-18;8-12(9,10)11-6-7-4-2-1-3-5-7;;;;/h1-15H;1-5H,6H2,(H2,8,9,10);;;;. The average molecular weight is 514 g/mol. The smallest absolute Gasteiger partial charge is 0.0461 e. The van der Waals surface area contributed by atoms with E-state index in [0.717, 1.165) is 5.56 Å². The molecule has 0 saturated carbocycles. The van der Waals surface area contributed by atoms with Gasteiger partial charge in [-0.2, -0.15) is 0 Å². The van der Waals surface area contributed by atoms with Gasteiger partial charge in [0, 0.05) is 17.1 Å². The summed E-state index contributed by atoms with van der Waals surface area (Å²) in [7, 11) is -4.33. The van der Waals surface area contributed by atoms with Crippen LogP contribution < -0.4 is 4.90 Å². The molecule has 5 nitrogen and oxygen atoms in total. The zero-order valence-corrected chi connectivity index (χ0v) is 17.8. The molecule has 0 aliphatic rings. The van der Waals surface area contributed by atoms with Crippen molar-refractivity contribution in [2.24, 2.45) is 0 Å². The third-order valence-corrected chi connectivity index (χ3v) is 4.75. The van der Waals surface area contributed by atoms with Crippen LogP contribution in [0, 0.1) is 0 Å². The molecule has 33 heavy (non-hydrogen) atoms. The Balaban J connectivity index is 0.000000342. The number of rotatable bonds is 6. The zero-order valence-electron chi connectivity index (χ0n) is 16.9. The van der Waals surface area contributed by atoms with Gasteiger partial charge in [-0.1, -0.05) is 84.9 Å². The van der Waals surface area contributed by atoms with E-state index in [9.17, 15) is 4.57 Å². The summed E-state index contributed by atoms with van der Waals surface area (Å²) in [5, 5.41) is 0. The van der Waals surface area contributed by atoms with Gasteiger partial charge in [-0.05, 0) is 42.0 Å². The largest absolute Gasteiger partial charge is 0.311 e. The fourth-order valence-electron chi connectivity index (χ4n) is 2.91. The summed E-state index contributed by atoms with van der Waals surface area (Å²) in [6.45, 7) is -0.0644. The Hall–Kier alpha value is 0.0627. The van der Waals surface area contributed by atoms with Crippen molar-refractivity contribution in [2.75, 3.05) is 4.90 Å². The van der Waals surface area contributed by atoms with Crippen LogP contribution in [-0.4, -0.2) is 113 Å². The SMILES string of the molecule is O=P(O)(O)OCc1ccccc1.[KH].[KH].c1ccc(N(c2ccccc2)c2ccccc2)cc1. The van der Waals surface area contributed by atoms with E-state index in [4.69, 9.17) is 9.79 Å². The molecule has 0 radical (unpaired) electrons. The summed E-state index contributed by atoms with van der Waals surface area (Å²) < 4.78 is 14.6. The topological polar surface area (TPSA) is 70.0 Å². The molecule has 0 bridgehead atoms. The summed E-state index contributed by atoms with van der Waals surface area (Å²) in [5.41, 5.74) is 4.24. The summed E-state index contributed by atoms with van der Waals surface area (Å²) in [6, 6.07) is 40.1. The minimum atomic E-state index is -4.33. The molecule has 0 spiro atoms. The van der Waals surface area contributed by atoms with Crippen molar-refractivity contribution in [3.05, 3.63) is 127 Å². The van der Waals surface area contributed by atoms with Gasteiger partial charge < -0.3 is 14.7 Å². The van der Waals surface area contributed by atoms with E-state index < -0.39 is 7.82 Å². The van der Waals surface area contributed by atoms with Crippen molar-refractivity contribution in [3.8, 4) is 0 Å². The van der Waals surface area contributed by atoms with E-state index in [2.05, 4.69) is 82.2 Å². The minimum Gasteiger partial charge on any atom is -0.311 e. The molecule has 4 aromatic rings. The number of anilines is 3. The van der Waals surface area contributed by atoms with E-state index >= 15 is 0 Å². The second-order valence-corrected chi connectivity index (χ2v) is 7.83. The molecule has 4 aromatic carbocycles. The molecular weight excluding hydrogens is 487 g/mol. The molecule has 2 N–H and O–H groups in total. The molecule has 0 aromatic heterocycles. The van der Waals surface area contributed by atoms with Crippen LogP contribution in [0.4, 0.5) is 17.1 Å². The monoisotopic (exact) mass is 513 g/mol. The van der Waals surface area contributed by atoms with Crippen LogP contribution in [0.5, 0.6) is 0 Å². The summed E-state index contributed by atoms with van der Waals surface area (Å²) in [4.78, 5) is 19.0. The van der Waals surface area contributed by atoms with Gasteiger partial charge >= 0.3 is 111 Å². The molecule has 8 heteroatoms. The number of hydrogen-bond acceptors (Lipinski definition) is 3. The maximum absolute atomic E-state index is 10.3. The Morgan fingerprint density at radius 3 is 1.18 bits per heavy atom. The predicted molar refractivity (Wildman–Crippen MR) is 139 cm³/mol. The van der Waals surface area contributed by atoms with Crippen molar-refractivity contribution < 1.29 is 18.9 Å². The van der Waals surface area contributed by atoms with Gasteiger partial charge in [0.25, 0.3) is 0 Å². The maximum atomic E-state index is 10.3. The Labute approximate surface area is 280 Å². The normalized spacial score (nSPS) is 10.0. The molecule has 0 amide bonds. The van der Waals surface area contributed by atoms with Crippen LogP contribution in [0.3, 0.4) is 0 Å². The van der Waals surface area contributed by atoms with E-state index in [1.807, 2.05) is 24.3 Å². The molecule has 0 unspecified atom stereocenters. The average Bonchev–Trinajstić information content (AvgIpc) is 2.81. The molecule has 0 heterocycles. The summed E-state index contributed by atoms with van der Waals surface area (Å²) in [6.07, 6.45) is 0. The van der Waals surface area contributed by atoms with Gasteiger partial charge in [0.15, 0.2) is 0 Å². The van der Waals surface area contributed by atoms with Crippen molar-refractivity contribution in [2.45, 2.75) is 6.61 Å². The van der Waals surface area contributed by atoms with Crippen LogP contribution >= 0.6 is 7.82 Å². The van der Waals surface area contributed by atoms with Gasteiger partial charge in [0.05, 0.1) is 6.61 Å². The van der Waals surface area contributed by atoms with Gasteiger partial charge in [0.1, 0.15) is 0 Å². The molecule has 0 atom stereocenters. The molecular formula is C25H26K2NO4P. The van der Waals surface area contributed by atoms with E-state index in [0.29, 0.717) is 0 Å². The first-order valence-electron chi connectivity index (χ1n) is 9.72. The van der Waals surface area contributed by atoms with Crippen molar-refractivity contribution in [1.82, 2.24) is 0 Å². The molecule has 162 valence electrons. The first kappa shape index (κ1) is 31.1. The Kier molecular flexibility index (Phi) is 15.7. The number of phosphoric ester groups is 1. The fraction of sp³-hybridized carbons (Fsp3) is 0.0400. The molecule has 0 saturated heterocycles. The molecule has 4 rings (SSSR count). The minimum absolute atomic E-state index is 0. The van der Waals surface area contributed by atoms with Crippen LogP contribution in [0.15, 0.2) is 121 Å². The fourth-order valence-corrected chi connectivity index (χ4v) is 3.23. The molecule has 0 aliphatic carbocycles. The third kappa shape index (κ3) is 11.6. The zero-order chi connectivity index (χ0) is 21.9. The number of phosphoric acid groups is 1. The Bertz CT molecular complexity index is 989. The summed E-state index contributed by atoms with van der Waals surface area (Å²) >= 11 is 0. The van der Waals surface area contributed by atoms with Crippen LogP contribution in [-0.2, 0) is 15.7 Å². The Morgan fingerprint density at radius 2 is 0.879 bits per heavy atom. The first-order chi connectivity index (χ1) is 15.0. The predicted octanol–water partition coefficient (Wildman–Crippen LogP) is 5.16. The molecule has 0 aliphatic heterocycles. The van der Waals surface area contributed by atoms with Gasteiger partial charge in [-0.3, -0.25) is 4.52 Å². The van der Waals surface area contributed by atoms with Crippen molar-refractivity contribution in [1.29, 1.82) is 0 Å². The summed E-state index contributed by atoms with van der Waals surface area (Å²) in [5.74, 6) is 0. The van der Waals surface area contributed by atoms with Crippen LogP contribution in [0.2, 0.25) is 0 Å². The van der Waals surface area contributed by atoms with E-state index in [1.165, 1.54) is 17.1 Å². The second kappa shape index (κ2) is 16.7. The van der Waals surface area contributed by atoms with Gasteiger partial charge in [0.2, 0.25) is 0 Å². The van der Waals surface area contributed by atoms with Crippen LogP contribution in [0.1, 0.15) is 5.56 Å². The Morgan fingerprint density at radius 1 is 0.576 bits per heavy atom. The van der Waals surface area contributed by atoms with E-state index in [1.54, 1.807) is 24.3 Å². The number of hydrogen-bond donors (Lipinski definition) is 2. The van der Waals surface area contributed by atoms with Crippen molar-refractivity contribution >= 4 is 128 Å². The second-order valence-electron chi connectivity index (χ2n) is 6.59. The van der Waals surface area contributed by atoms with Gasteiger partial charge in [-0.25, -0.2) is 4.57 Å². The van der Waals surface area contributed by atoms with Crippen molar-refractivity contribution in [3.63, 3.8) is 0 Å². The van der Waals surface area contributed by atoms with E-state index in [-0.39, 0.29) is 109 Å². The first-order valence-corrected chi connectivity index (χ1v) is 11.3. The third-order valence-electron chi connectivity index (χ3n) is 4.29.